The molecule has 0 saturated carbocycles. The van der Waals surface area contributed by atoms with Gasteiger partial charge in [-0.1, -0.05) is 22.9 Å². The highest BCUT2D eigenvalue weighted by Crippen LogP contribution is 2.17. The number of hydrogen-bond donors (Lipinski definition) is 1. The predicted molar refractivity (Wildman–Crippen MR) is 73.4 cm³/mol. The lowest BCUT2D eigenvalue weighted by Crippen LogP contribution is -2.22. The third kappa shape index (κ3) is 4.85. The quantitative estimate of drug-likeness (QED) is 0.860. The molecule has 0 aliphatic heterocycles. The van der Waals surface area contributed by atoms with Crippen molar-refractivity contribution < 1.29 is 4.39 Å². The molecule has 0 amide bonds. The summed E-state index contributed by atoms with van der Waals surface area (Å²) < 4.78 is 14.0. The molecule has 1 nitrogen and oxygen atoms in total. The predicted octanol–water partition coefficient (Wildman–Crippen LogP) is 3.68. The summed E-state index contributed by atoms with van der Waals surface area (Å²) in [4.78, 5) is 0. The van der Waals surface area contributed by atoms with Crippen LogP contribution in [0, 0.1) is 11.7 Å². The molecule has 0 aromatic heterocycles. The highest BCUT2D eigenvalue weighted by Gasteiger charge is 2.03. The van der Waals surface area contributed by atoms with Gasteiger partial charge in [0.25, 0.3) is 0 Å². The van der Waals surface area contributed by atoms with Crippen LogP contribution in [-0.2, 0) is 6.54 Å². The number of rotatable bonds is 6. The SMILES string of the molecule is CSCC(C)CNCc1cc(F)ccc1Br. The summed E-state index contributed by atoms with van der Waals surface area (Å²) >= 11 is 5.27. The van der Waals surface area contributed by atoms with Crippen LogP contribution in [-0.4, -0.2) is 18.6 Å². The Labute approximate surface area is 109 Å². The van der Waals surface area contributed by atoms with E-state index in [0.29, 0.717) is 12.5 Å². The standard InChI is InChI=1S/C12H17BrFNS/c1-9(8-16-2)6-15-7-10-5-11(14)3-4-12(10)13/h3-5,9,15H,6-8H2,1-2H3. The third-order valence-electron chi connectivity index (χ3n) is 2.27. The first kappa shape index (κ1) is 14.0. The summed E-state index contributed by atoms with van der Waals surface area (Å²) in [6, 6.07) is 4.78. The van der Waals surface area contributed by atoms with Gasteiger partial charge in [-0.2, -0.15) is 11.8 Å². The van der Waals surface area contributed by atoms with Crippen LogP contribution in [0.2, 0.25) is 0 Å². The van der Waals surface area contributed by atoms with Crippen molar-refractivity contribution in [3.8, 4) is 0 Å². The molecule has 0 fully saturated rings. The van der Waals surface area contributed by atoms with Gasteiger partial charge < -0.3 is 5.32 Å². The van der Waals surface area contributed by atoms with Crippen LogP contribution in [0.1, 0.15) is 12.5 Å². The molecule has 90 valence electrons. The molecule has 1 aromatic rings. The maximum atomic E-state index is 13.0. The average Bonchev–Trinajstić information content (AvgIpc) is 2.23. The van der Waals surface area contributed by atoms with Gasteiger partial charge in [0.1, 0.15) is 5.82 Å². The Balaban J connectivity index is 2.39. The molecule has 0 radical (unpaired) electrons. The minimum atomic E-state index is -0.183. The highest BCUT2D eigenvalue weighted by molar-refractivity contribution is 9.10. The zero-order valence-corrected chi connectivity index (χ0v) is 12.0. The van der Waals surface area contributed by atoms with E-state index in [1.807, 2.05) is 11.8 Å². The molecule has 0 heterocycles. The Hall–Kier alpha value is -0.0600. The maximum Gasteiger partial charge on any atom is 0.123 e. The van der Waals surface area contributed by atoms with Crippen molar-refractivity contribution in [1.82, 2.24) is 5.32 Å². The number of thioether (sulfide) groups is 1. The Morgan fingerprint density at radius 2 is 2.25 bits per heavy atom. The second-order valence-electron chi connectivity index (χ2n) is 3.93. The maximum absolute atomic E-state index is 13.0. The Kier molecular flexibility index (Phi) is 6.39. The van der Waals surface area contributed by atoms with Gasteiger partial charge in [-0.05, 0) is 48.2 Å². The van der Waals surface area contributed by atoms with Gasteiger partial charge in [0.05, 0.1) is 0 Å². The lowest BCUT2D eigenvalue weighted by molar-refractivity contribution is 0.556. The van der Waals surface area contributed by atoms with Gasteiger partial charge in [0.15, 0.2) is 0 Å². The second-order valence-corrected chi connectivity index (χ2v) is 5.69. The van der Waals surface area contributed by atoms with E-state index in [9.17, 15) is 4.39 Å². The van der Waals surface area contributed by atoms with Crippen LogP contribution < -0.4 is 5.32 Å². The molecule has 1 atom stereocenters. The van der Waals surface area contributed by atoms with Crippen LogP contribution in [0.15, 0.2) is 22.7 Å². The van der Waals surface area contributed by atoms with E-state index in [4.69, 9.17) is 0 Å². The smallest absolute Gasteiger partial charge is 0.123 e. The van der Waals surface area contributed by atoms with E-state index in [1.165, 1.54) is 6.07 Å². The molecule has 0 aliphatic carbocycles. The van der Waals surface area contributed by atoms with Crippen LogP contribution in [0.5, 0.6) is 0 Å². The van der Waals surface area contributed by atoms with E-state index in [-0.39, 0.29) is 5.82 Å². The van der Waals surface area contributed by atoms with Crippen LogP contribution in [0.25, 0.3) is 0 Å². The van der Waals surface area contributed by atoms with Gasteiger partial charge in [-0.25, -0.2) is 4.39 Å². The topological polar surface area (TPSA) is 12.0 Å². The van der Waals surface area contributed by atoms with Crippen molar-refractivity contribution in [3.05, 3.63) is 34.1 Å². The van der Waals surface area contributed by atoms with E-state index in [1.54, 1.807) is 12.1 Å². The summed E-state index contributed by atoms with van der Waals surface area (Å²) in [6.45, 7) is 3.88. The number of hydrogen-bond acceptors (Lipinski definition) is 2. The van der Waals surface area contributed by atoms with Crippen molar-refractivity contribution in [1.29, 1.82) is 0 Å². The molecule has 4 heteroatoms. The fraction of sp³-hybridized carbons (Fsp3) is 0.500. The van der Waals surface area contributed by atoms with E-state index < -0.39 is 0 Å². The van der Waals surface area contributed by atoms with Crippen molar-refractivity contribution in [2.45, 2.75) is 13.5 Å². The molecule has 0 bridgehead atoms. The largest absolute Gasteiger partial charge is 0.312 e. The van der Waals surface area contributed by atoms with Gasteiger partial charge >= 0.3 is 0 Å². The van der Waals surface area contributed by atoms with Crippen LogP contribution in [0.3, 0.4) is 0 Å². The van der Waals surface area contributed by atoms with Crippen molar-refractivity contribution in [2.75, 3.05) is 18.6 Å². The minimum absolute atomic E-state index is 0.183. The lowest BCUT2D eigenvalue weighted by Gasteiger charge is -2.12. The lowest BCUT2D eigenvalue weighted by atomic mass is 10.2. The average molecular weight is 306 g/mol. The molecule has 1 N–H and O–H groups in total. The monoisotopic (exact) mass is 305 g/mol. The van der Waals surface area contributed by atoms with E-state index in [0.717, 1.165) is 22.3 Å². The molecule has 1 rings (SSSR count). The first-order valence-corrected chi connectivity index (χ1v) is 7.45. The van der Waals surface area contributed by atoms with E-state index in [2.05, 4.69) is 34.4 Å². The Morgan fingerprint density at radius 1 is 1.50 bits per heavy atom. The van der Waals surface area contributed by atoms with Gasteiger partial charge in [0, 0.05) is 11.0 Å². The zero-order valence-electron chi connectivity index (χ0n) is 9.59. The van der Waals surface area contributed by atoms with Crippen molar-refractivity contribution in [2.24, 2.45) is 5.92 Å². The van der Waals surface area contributed by atoms with Gasteiger partial charge in [0.2, 0.25) is 0 Å². The number of benzene rings is 1. The molecular formula is C12H17BrFNS. The Morgan fingerprint density at radius 3 is 2.94 bits per heavy atom. The molecule has 0 saturated heterocycles. The molecule has 1 unspecified atom stereocenters. The van der Waals surface area contributed by atoms with Gasteiger partial charge in [-0.3, -0.25) is 0 Å². The van der Waals surface area contributed by atoms with Crippen LogP contribution >= 0.6 is 27.7 Å². The van der Waals surface area contributed by atoms with Crippen LogP contribution in [0.4, 0.5) is 4.39 Å². The summed E-state index contributed by atoms with van der Waals surface area (Å²) in [5.41, 5.74) is 0.969. The minimum Gasteiger partial charge on any atom is -0.312 e. The second kappa shape index (κ2) is 7.30. The first-order valence-electron chi connectivity index (χ1n) is 5.27. The third-order valence-corrected chi connectivity index (χ3v) is 3.94. The summed E-state index contributed by atoms with van der Waals surface area (Å²) in [7, 11) is 0. The highest BCUT2D eigenvalue weighted by atomic mass is 79.9. The van der Waals surface area contributed by atoms with Crippen molar-refractivity contribution >= 4 is 27.7 Å². The fourth-order valence-electron chi connectivity index (χ4n) is 1.48. The van der Waals surface area contributed by atoms with Crippen molar-refractivity contribution in [3.63, 3.8) is 0 Å². The zero-order chi connectivity index (χ0) is 12.0. The molecular weight excluding hydrogens is 289 g/mol. The number of halogens is 2. The molecule has 0 aliphatic rings. The fourth-order valence-corrected chi connectivity index (χ4v) is 2.55. The molecule has 0 spiro atoms. The molecule has 1 aromatic carbocycles. The first-order chi connectivity index (χ1) is 7.63. The van der Waals surface area contributed by atoms with Gasteiger partial charge in [-0.15, -0.1) is 0 Å². The summed E-state index contributed by atoms with van der Waals surface area (Å²) in [6.07, 6.45) is 2.11. The number of nitrogens with one attached hydrogen (secondary N) is 1. The normalized spacial score (nSPS) is 12.8. The molecule has 16 heavy (non-hydrogen) atoms. The van der Waals surface area contributed by atoms with E-state index >= 15 is 0 Å². The Bertz CT molecular complexity index is 333. The summed E-state index contributed by atoms with van der Waals surface area (Å²) in [5, 5.41) is 3.34. The summed E-state index contributed by atoms with van der Waals surface area (Å²) in [5.74, 6) is 1.61.